The van der Waals surface area contributed by atoms with Crippen molar-refractivity contribution < 1.29 is 29.3 Å². The van der Waals surface area contributed by atoms with Gasteiger partial charge in [-0.05, 0) is 30.5 Å². The van der Waals surface area contributed by atoms with Crippen LogP contribution in [0, 0.1) is 0 Å². The number of aryl methyl sites for hydroxylation is 1. The molecule has 1 heterocycles. The smallest absolute Gasteiger partial charge is 0.360 e. The molecule has 0 unspecified atom stereocenters. The fourth-order valence-electron chi connectivity index (χ4n) is 2.27. The van der Waals surface area contributed by atoms with E-state index in [1.807, 2.05) is 0 Å². The van der Waals surface area contributed by atoms with Crippen LogP contribution < -0.4 is 4.74 Å². The highest BCUT2D eigenvalue weighted by molar-refractivity contribution is 6.02. The Morgan fingerprint density at radius 2 is 1.90 bits per heavy atom. The van der Waals surface area contributed by atoms with Gasteiger partial charge in [-0.2, -0.15) is 0 Å². The molecule has 1 aromatic rings. The zero-order valence-electron chi connectivity index (χ0n) is 10.9. The minimum Gasteiger partial charge on any atom is -0.478 e. The van der Waals surface area contributed by atoms with Crippen molar-refractivity contribution in [2.75, 3.05) is 0 Å². The van der Waals surface area contributed by atoms with Crippen molar-refractivity contribution in [3.8, 4) is 5.75 Å². The number of hydrogen-bond acceptors (Lipinski definition) is 4. The molecular formula is C14H14O6. The Morgan fingerprint density at radius 3 is 2.45 bits per heavy atom. The Labute approximate surface area is 115 Å². The number of fused-ring (bicyclic) bond motifs is 1. The number of rotatable bonds is 4. The van der Waals surface area contributed by atoms with E-state index in [-0.39, 0.29) is 30.8 Å². The monoisotopic (exact) mass is 278 g/mol. The molecule has 106 valence electrons. The van der Waals surface area contributed by atoms with Gasteiger partial charge in [-0.1, -0.05) is 12.1 Å². The average molecular weight is 278 g/mol. The Bertz CT molecular complexity index is 575. The van der Waals surface area contributed by atoms with Crippen molar-refractivity contribution in [3.05, 3.63) is 29.3 Å². The molecule has 20 heavy (non-hydrogen) atoms. The quantitative estimate of drug-likeness (QED) is 0.798. The lowest BCUT2D eigenvalue weighted by Gasteiger charge is -2.31. The average Bonchev–Trinajstić information content (AvgIpc) is 2.36. The molecule has 0 atom stereocenters. The van der Waals surface area contributed by atoms with E-state index in [4.69, 9.17) is 14.9 Å². The van der Waals surface area contributed by atoms with Gasteiger partial charge >= 0.3 is 17.5 Å². The number of ketones is 1. The second-order valence-electron chi connectivity index (χ2n) is 4.86. The van der Waals surface area contributed by atoms with Gasteiger partial charge in [0.1, 0.15) is 11.5 Å². The highest BCUT2D eigenvalue weighted by Crippen LogP contribution is 2.34. The normalized spacial score (nSPS) is 15.8. The molecule has 0 saturated heterocycles. The van der Waals surface area contributed by atoms with E-state index in [1.165, 1.54) is 13.0 Å². The van der Waals surface area contributed by atoms with Crippen molar-refractivity contribution in [1.29, 1.82) is 0 Å². The number of benzene rings is 1. The van der Waals surface area contributed by atoms with Crippen LogP contribution in [0.25, 0.3) is 0 Å². The molecule has 1 aliphatic heterocycles. The first-order valence-corrected chi connectivity index (χ1v) is 6.12. The Kier molecular flexibility index (Phi) is 3.48. The summed E-state index contributed by atoms with van der Waals surface area (Å²) in [5.74, 6) is -2.76. The number of ether oxygens (including phenoxy) is 1. The van der Waals surface area contributed by atoms with Crippen LogP contribution in [0.1, 0.15) is 24.5 Å². The van der Waals surface area contributed by atoms with Crippen molar-refractivity contribution in [2.24, 2.45) is 0 Å². The third-order valence-corrected chi connectivity index (χ3v) is 3.30. The van der Waals surface area contributed by atoms with E-state index in [0.29, 0.717) is 0 Å². The van der Waals surface area contributed by atoms with Gasteiger partial charge in [-0.15, -0.1) is 0 Å². The highest BCUT2D eigenvalue weighted by atomic mass is 16.6. The second kappa shape index (κ2) is 4.96. The number of carboxylic acid groups (broad SMARTS) is 2. The third-order valence-electron chi connectivity index (χ3n) is 3.30. The summed E-state index contributed by atoms with van der Waals surface area (Å²) in [6.45, 7) is 1.48. The number of carbonyl (C=O) groups is 3. The fourth-order valence-corrected chi connectivity index (χ4v) is 2.27. The molecule has 0 saturated carbocycles. The molecule has 2 rings (SSSR count). The number of carboxylic acids is 2. The first-order valence-electron chi connectivity index (χ1n) is 6.12. The lowest BCUT2D eigenvalue weighted by atomic mass is 9.90. The SMILES string of the molecule is CC(=O)Cc1ccc2c(c1)CCC(C(=O)O)(C(=O)O)O2. The number of carbonyl (C=O) groups excluding carboxylic acids is 1. The molecule has 0 fully saturated rings. The minimum absolute atomic E-state index is 0.0205. The fraction of sp³-hybridized carbons (Fsp3) is 0.357. The summed E-state index contributed by atoms with van der Waals surface area (Å²) in [6, 6.07) is 4.91. The van der Waals surface area contributed by atoms with Crippen LogP contribution in [0.2, 0.25) is 0 Å². The zero-order valence-corrected chi connectivity index (χ0v) is 10.9. The molecule has 0 bridgehead atoms. The maximum absolute atomic E-state index is 11.2. The minimum atomic E-state index is -2.23. The molecule has 2 N–H and O–H groups in total. The van der Waals surface area contributed by atoms with Crippen molar-refractivity contribution in [1.82, 2.24) is 0 Å². The summed E-state index contributed by atoms with van der Waals surface area (Å²) in [6.07, 6.45) is 0.421. The standard InChI is InChI=1S/C14H14O6/c1-8(15)6-9-2-3-11-10(7-9)4-5-14(20-11,12(16)17)13(18)19/h2-3,7H,4-6H2,1H3,(H,16,17)(H,18,19). The molecule has 1 aliphatic rings. The van der Waals surface area contributed by atoms with Crippen LogP contribution in [0.15, 0.2) is 18.2 Å². The van der Waals surface area contributed by atoms with Gasteiger partial charge in [-0.3, -0.25) is 4.79 Å². The first kappa shape index (κ1) is 14.0. The van der Waals surface area contributed by atoms with Crippen LogP contribution in [-0.4, -0.2) is 33.5 Å². The lowest BCUT2D eigenvalue weighted by molar-refractivity contribution is -0.174. The van der Waals surface area contributed by atoms with Crippen molar-refractivity contribution in [2.45, 2.75) is 31.8 Å². The van der Waals surface area contributed by atoms with Crippen molar-refractivity contribution in [3.63, 3.8) is 0 Å². The van der Waals surface area contributed by atoms with Gasteiger partial charge in [0.15, 0.2) is 0 Å². The van der Waals surface area contributed by atoms with E-state index in [9.17, 15) is 14.4 Å². The van der Waals surface area contributed by atoms with Gasteiger partial charge in [-0.25, -0.2) is 9.59 Å². The van der Waals surface area contributed by atoms with Crippen LogP contribution in [0.3, 0.4) is 0 Å². The van der Waals surface area contributed by atoms with Gasteiger partial charge < -0.3 is 14.9 Å². The Balaban J connectivity index is 2.34. The topological polar surface area (TPSA) is 101 Å². The molecular weight excluding hydrogens is 264 g/mol. The Morgan fingerprint density at radius 1 is 1.25 bits per heavy atom. The zero-order chi connectivity index (χ0) is 14.9. The summed E-state index contributed by atoms with van der Waals surface area (Å²) in [4.78, 5) is 33.5. The molecule has 0 spiro atoms. The summed E-state index contributed by atoms with van der Waals surface area (Å²) in [5.41, 5.74) is -0.699. The van der Waals surface area contributed by atoms with E-state index in [2.05, 4.69) is 0 Å². The van der Waals surface area contributed by atoms with E-state index >= 15 is 0 Å². The molecule has 0 amide bonds. The number of Topliss-reactive ketones (excluding diaryl/α,β-unsaturated/α-hetero) is 1. The van der Waals surface area contributed by atoms with Gasteiger partial charge in [0.05, 0.1) is 0 Å². The second-order valence-corrected chi connectivity index (χ2v) is 4.86. The summed E-state index contributed by atoms with van der Waals surface area (Å²) >= 11 is 0. The molecule has 0 aliphatic carbocycles. The summed E-state index contributed by atoms with van der Waals surface area (Å²) in [5, 5.41) is 18.2. The number of hydrogen-bond donors (Lipinski definition) is 2. The molecule has 1 aromatic carbocycles. The van der Waals surface area contributed by atoms with E-state index in [1.54, 1.807) is 12.1 Å². The third kappa shape index (κ3) is 2.36. The molecule has 6 nitrogen and oxygen atoms in total. The number of aliphatic carboxylic acids is 2. The largest absolute Gasteiger partial charge is 0.478 e. The highest BCUT2D eigenvalue weighted by Gasteiger charge is 2.51. The van der Waals surface area contributed by atoms with E-state index in [0.717, 1.165) is 11.1 Å². The van der Waals surface area contributed by atoms with Gasteiger partial charge in [0, 0.05) is 12.8 Å². The first-order chi connectivity index (χ1) is 9.35. The van der Waals surface area contributed by atoms with Crippen molar-refractivity contribution >= 4 is 17.7 Å². The maximum Gasteiger partial charge on any atom is 0.360 e. The predicted molar refractivity (Wildman–Crippen MR) is 67.8 cm³/mol. The van der Waals surface area contributed by atoms with Crippen LogP contribution in [0.5, 0.6) is 5.75 Å². The van der Waals surface area contributed by atoms with Gasteiger partial charge in [0.2, 0.25) is 0 Å². The maximum atomic E-state index is 11.2. The van der Waals surface area contributed by atoms with Gasteiger partial charge in [0.25, 0.3) is 0 Å². The Hall–Kier alpha value is -2.37. The van der Waals surface area contributed by atoms with Crippen LogP contribution in [-0.2, 0) is 27.2 Å². The van der Waals surface area contributed by atoms with Crippen LogP contribution >= 0.6 is 0 Å². The van der Waals surface area contributed by atoms with Crippen LogP contribution in [0.4, 0.5) is 0 Å². The predicted octanol–water partition coefficient (Wildman–Crippen LogP) is 1.05. The van der Waals surface area contributed by atoms with E-state index < -0.39 is 17.5 Å². The summed E-state index contributed by atoms with van der Waals surface area (Å²) < 4.78 is 5.22. The molecule has 0 aromatic heterocycles. The molecule has 0 radical (unpaired) electrons. The lowest BCUT2D eigenvalue weighted by Crippen LogP contribution is -2.53. The molecule has 6 heteroatoms. The summed E-state index contributed by atoms with van der Waals surface area (Å²) in [7, 11) is 0.